The van der Waals surface area contributed by atoms with Crippen LogP contribution < -0.4 is 10.1 Å². The molecule has 0 spiro atoms. The number of carboxylic acid groups (broad SMARTS) is 1. The quantitative estimate of drug-likeness (QED) is 0.122. The van der Waals surface area contributed by atoms with E-state index < -0.39 is 45.7 Å². The van der Waals surface area contributed by atoms with E-state index in [1.54, 1.807) is 43.3 Å². The molecule has 0 aliphatic heterocycles. The highest BCUT2D eigenvalue weighted by molar-refractivity contribution is 7.85. The zero-order valence-corrected chi connectivity index (χ0v) is 19.5. The van der Waals surface area contributed by atoms with E-state index in [-0.39, 0.29) is 23.5 Å². The third kappa shape index (κ3) is 7.71. The summed E-state index contributed by atoms with van der Waals surface area (Å²) in [7, 11) is -1.14. The summed E-state index contributed by atoms with van der Waals surface area (Å²) >= 11 is 0. The Hall–Kier alpha value is -3.71. The lowest BCUT2D eigenvalue weighted by Crippen LogP contribution is -2.47. The largest absolute Gasteiger partial charge is 0.480 e. The normalized spacial score (nSPS) is 12.9. The predicted molar refractivity (Wildman–Crippen MR) is 119 cm³/mol. The molecule has 1 aromatic heterocycles. The minimum absolute atomic E-state index is 0.0152. The van der Waals surface area contributed by atoms with E-state index >= 15 is 0 Å². The lowest BCUT2D eigenvalue weighted by molar-refractivity contribution is -0.141. The van der Waals surface area contributed by atoms with E-state index in [1.165, 1.54) is 13.0 Å². The highest BCUT2D eigenvalue weighted by Crippen LogP contribution is 2.18. The van der Waals surface area contributed by atoms with E-state index in [1.807, 2.05) is 5.32 Å². The van der Waals surface area contributed by atoms with Crippen molar-refractivity contribution in [2.24, 2.45) is 5.92 Å². The summed E-state index contributed by atoms with van der Waals surface area (Å²) < 4.78 is 41.3. The zero-order valence-electron chi connectivity index (χ0n) is 18.6. The molecule has 2 atom stereocenters. The lowest BCUT2D eigenvalue weighted by Gasteiger charge is -2.16. The fourth-order valence-electron chi connectivity index (χ4n) is 2.79. The van der Waals surface area contributed by atoms with Gasteiger partial charge in [-0.15, -0.1) is 0 Å². The topological polar surface area (TPSA) is 187 Å². The summed E-state index contributed by atoms with van der Waals surface area (Å²) in [4.78, 5) is 37.4. The van der Waals surface area contributed by atoms with E-state index in [9.17, 15) is 22.8 Å². The van der Waals surface area contributed by atoms with Gasteiger partial charge in [-0.1, -0.05) is 6.92 Å². The Labute approximate surface area is 195 Å². The van der Waals surface area contributed by atoms with Gasteiger partial charge in [0.2, 0.25) is 5.91 Å². The maximum Gasteiger partial charge on any atom is 0.346 e. The molecule has 1 unspecified atom stereocenters. The molecular weight excluding hydrogens is 470 g/mol. The van der Waals surface area contributed by atoms with Crippen molar-refractivity contribution in [1.82, 2.24) is 10.2 Å². The summed E-state index contributed by atoms with van der Waals surface area (Å²) in [5.74, 6) is -4.31. The fourth-order valence-corrected chi connectivity index (χ4v) is 3.44. The van der Waals surface area contributed by atoms with Gasteiger partial charge in [-0.25, -0.2) is 9.59 Å². The fraction of sp³-hybridized carbons (Fsp3) is 0.333. The molecule has 12 nitrogen and oxygen atoms in total. The zero-order chi connectivity index (χ0) is 25.6. The van der Waals surface area contributed by atoms with Crippen LogP contribution in [-0.4, -0.2) is 72.5 Å². The molecule has 0 fully saturated rings. The first-order valence-electron chi connectivity index (χ1n) is 9.91. The van der Waals surface area contributed by atoms with Crippen molar-refractivity contribution in [3.8, 4) is 5.75 Å². The highest BCUT2D eigenvalue weighted by Gasteiger charge is 2.28. The van der Waals surface area contributed by atoms with Crippen LogP contribution in [0.15, 0.2) is 41.0 Å². The van der Waals surface area contributed by atoms with E-state index in [4.69, 9.17) is 24.2 Å². The van der Waals surface area contributed by atoms with Crippen molar-refractivity contribution < 1.29 is 41.6 Å². The van der Waals surface area contributed by atoms with Crippen LogP contribution in [-0.2, 0) is 26.1 Å². The van der Waals surface area contributed by atoms with Crippen LogP contribution >= 0.6 is 0 Å². The summed E-state index contributed by atoms with van der Waals surface area (Å²) in [6.07, 6.45) is 1.13. The Morgan fingerprint density at radius 2 is 1.79 bits per heavy atom. The number of carbonyl (C=O) groups excluding carboxylic acids is 2. The third-order valence-electron chi connectivity index (χ3n) is 4.62. The lowest BCUT2D eigenvalue weighted by atomic mass is 10.0. The van der Waals surface area contributed by atoms with Crippen LogP contribution in [0.1, 0.15) is 28.6 Å². The van der Waals surface area contributed by atoms with Crippen molar-refractivity contribution in [1.29, 1.82) is 5.41 Å². The Balaban J connectivity index is 1.97. The van der Waals surface area contributed by atoms with Gasteiger partial charge < -0.3 is 24.5 Å². The number of carbonyl (C=O) groups is 3. The summed E-state index contributed by atoms with van der Waals surface area (Å²) in [6.45, 7) is 1.45. The van der Waals surface area contributed by atoms with Crippen LogP contribution in [0.25, 0.3) is 0 Å². The number of ether oxygens (including phenoxy) is 1. The minimum Gasteiger partial charge on any atom is -0.480 e. The molecule has 0 aliphatic carbocycles. The van der Waals surface area contributed by atoms with Crippen LogP contribution in [0.5, 0.6) is 5.75 Å². The second kappa shape index (κ2) is 10.9. The average molecular weight is 496 g/mol. The molecule has 1 heterocycles. The number of nitrogens with one attached hydrogen (secondary N) is 2. The van der Waals surface area contributed by atoms with E-state index in [0.29, 0.717) is 11.4 Å². The molecule has 0 saturated carbocycles. The molecule has 0 bridgehead atoms. The molecule has 1 amide bonds. The molecule has 0 aliphatic rings. The SMILES string of the molecule is CC(Cc1cc(C(=O)Oc2ccc(C(=N)N(C)C)cc2)co1)C(=O)N[C@@H](CS(=O)(=O)O)C(=O)O. The smallest absolute Gasteiger partial charge is 0.346 e. The van der Waals surface area contributed by atoms with E-state index in [2.05, 4.69) is 0 Å². The number of amidine groups is 1. The Kier molecular flexibility index (Phi) is 8.54. The number of benzene rings is 1. The summed E-state index contributed by atoms with van der Waals surface area (Å²) in [5, 5.41) is 19.0. The second-order valence-corrected chi connectivity index (χ2v) is 9.21. The van der Waals surface area contributed by atoms with Gasteiger partial charge in [0.05, 0.1) is 5.56 Å². The molecule has 13 heteroatoms. The standard InChI is InChI=1S/C21H25N3O9S/c1-12(19(25)23-17(20(26)27)11-34(29,30)31)8-16-9-14(10-32-16)21(28)33-15-6-4-13(5-7-15)18(22)24(2)3/h4-7,9-10,12,17,22H,8,11H2,1-3H3,(H,23,25)(H,26,27)(H,29,30,31)/t12?,17-/m0/s1. The van der Waals surface area contributed by atoms with Gasteiger partial charge in [0.25, 0.3) is 10.1 Å². The Morgan fingerprint density at radius 3 is 2.32 bits per heavy atom. The molecule has 0 radical (unpaired) electrons. The molecule has 4 N–H and O–H groups in total. The Morgan fingerprint density at radius 1 is 1.18 bits per heavy atom. The predicted octanol–water partition coefficient (Wildman–Crippen LogP) is 1.02. The molecule has 0 saturated heterocycles. The summed E-state index contributed by atoms with van der Waals surface area (Å²) in [6, 6.07) is 5.92. The van der Waals surface area contributed by atoms with Gasteiger partial charge in [-0.05, 0) is 30.3 Å². The van der Waals surface area contributed by atoms with Gasteiger partial charge in [0.15, 0.2) is 0 Å². The molecular formula is C21H25N3O9S. The number of hydrogen-bond donors (Lipinski definition) is 4. The number of amides is 1. The van der Waals surface area contributed by atoms with Crippen molar-refractivity contribution in [2.45, 2.75) is 19.4 Å². The molecule has 1 aromatic carbocycles. The Bertz CT molecular complexity index is 1170. The molecule has 184 valence electrons. The van der Waals surface area contributed by atoms with Gasteiger partial charge in [-0.3, -0.25) is 14.8 Å². The first-order chi connectivity index (χ1) is 15.8. The molecule has 2 aromatic rings. The average Bonchev–Trinajstić information content (AvgIpc) is 3.20. The first kappa shape index (κ1) is 26.5. The third-order valence-corrected chi connectivity index (χ3v) is 5.38. The van der Waals surface area contributed by atoms with Crippen LogP contribution in [0.2, 0.25) is 0 Å². The summed E-state index contributed by atoms with van der Waals surface area (Å²) in [5.41, 5.74) is 0.729. The van der Waals surface area contributed by atoms with Crippen LogP contribution in [0.3, 0.4) is 0 Å². The maximum atomic E-state index is 12.4. The maximum absolute atomic E-state index is 12.4. The molecule has 34 heavy (non-hydrogen) atoms. The number of nitrogens with zero attached hydrogens (tertiary/aromatic N) is 1. The number of carboxylic acids is 1. The van der Waals surface area contributed by atoms with Gasteiger partial charge in [0.1, 0.15) is 35.4 Å². The monoisotopic (exact) mass is 495 g/mol. The highest BCUT2D eigenvalue weighted by atomic mass is 32.2. The number of hydrogen-bond acceptors (Lipinski definition) is 8. The number of aliphatic carboxylic acids is 1. The van der Waals surface area contributed by atoms with Gasteiger partial charge in [-0.2, -0.15) is 8.42 Å². The van der Waals surface area contributed by atoms with Crippen molar-refractivity contribution in [3.05, 3.63) is 53.5 Å². The number of esters is 1. The van der Waals surface area contributed by atoms with Crippen LogP contribution in [0.4, 0.5) is 0 Å². The number of furan rings is 1. The van der Waals surface area contributed by atoms with Gasteiger partial charge >= 0.3 is 11.9 Å². The van der Waals surface area contributed by atoms with Crippen molar-refractivity contribution in [2.75, 3.05) is 19.8 Å². The van der Waals surface area contributed by atoms with Gasteiger partial charge in [0, 0.05) is 32.0 Å². The number of rotatable bonds is 10. The van der Waals surface area contributed by atoms with Crippen LogP contribution in [0, 0.1) is 11.3 Å². The minimum atomic E-state index is -4.62. The second-order valence-electron chi connectivity index (χ2n) is 7.71. The van der Waals surface area contributed by atoms with E-state index in [0.717, 1.165) is 6.26 Å². The first-order valence-corrected chi connectivity index (χ1v) is 11.5. The van der Waals surface area contributed by atoms with Crippen molar-refractivity contribution in [3.63, 3.8) is 0 Å². The molecule has 2 rings (SSSR count). The van der Waals surface area contributed by atoms with Crippen molar-refractivity contribution >= 4 is 33.8 Å².